The van der Waals surface area contributed by atoms with Gasteiger partial charge in [0, 0.05) is 11.1 Å². The van der Waals surface area contributed by atoms with Crippen LogP contribution >= 0.6 is 0 Å². The van der Waals surface area contributed by atoms with E-state index in [0.29, 0.717) is 18.5 Å². The van der Waals surface area contributed by atoms with Crippen molar-refractivity contribution in [1.29, 1.82) is 0 Å². The molecule has 2 aromatic carbocycles. The van der Waals surface area contributed by atoms with Crippen LogP contribution in [0.1, 0.15) is 25.7 Å². The predicted molar refractivity (Wildman–Crippen MR) is 106 cm³/mol. The second-order valence-corrected chi connectivity index (χ2v) is 7.50. The van der Waals surface area contributed by atoms with Crippen LogP contribution in [0.3, 0.4) is 0 Å². The number of carbonyl (C=O) groups is 4. The van der Waals surface area contributed by atoms with Gasteiger partial charge in [0.25, 0.3) is 5.91 Å². The summed E-state index contributed by atoms with van der Waals surface area (Å²) in [5.41, 5.74) is 0.623. The highest BCUT2D eigenvalue weighted by molar-refractivity contribution is 6.07. The molecule has 2 aliphatic rings. The zero-order valence-corrected chi connectivity index (χ0v) is 15.9. The van der Waals surface area contributed by atoms with Crippen molar-refractivity contribution < 1.29 is 23.9 Å². The molecular formula is C22H22N2O5. The fourth-order valence-corrected chi connectivity index (χ4v) is 4.23. The number of hydrogen-bond acceptors (Lipinski definition) is 5. The molecule has 0 spiro atoms. The van der Waals surface area contributed by atoms with Crippen molar-refractivity contribution in [2.24, 2.45) is 11.8 Å². The van der Waals surface area contributed by atoms with Crippen molar-refractivity contribution in [3.05, 3.63) is 42.5 Å². The molecule has 1 aliphatic heterocycles. The lowest BCUT2D eigenvalue weighted by Gasteiger charge is -2.19. The molecule has 4 rings (SSSR count). The zero-order valence-electron chi connectivity index (χ0n) is 15.9. The Bertz CT molecular complexity index is 957. The summed E-state index contributed by atoms with van der Waals surface area (Å²) in [6, 6.07) is 13.1. The number of likely N-dealkylation sites (tertiary alicyclic amines) is 1. The van der Waals surface area contributed by atoms with Crippen molar-refractivity contribution in [3.8, 4) is 0 Å². The molecule has 0 radical (unpaired) electrons. The van der Waals surface area contributed by atoms with Crippen LogP contribution in [-0.2, 0) is 23.9 Å². The van der Waals surface area contributed by atoms with E-state index >= 15 is 0 Å². The summed E-state index contributed by atoms with van der Waals surface area (Å²) in [5, 5.41) is 4.59. The lowest BCUT2D eigenvalue weighted by molar-refractivity contribution is -0.154. The Morgan fingerprint density at radius 1 is 0.966 bits per heavy atom. The molecule has 0 unspecified atom stereocenters. The molecule has 7 heteroatoms. The Kier molecular flexibility index (Phi) is 5.29. The second-order valence-electron chi connectivity index (χ2n) is 7.50. The van der Waals surface area contributed by atoms with Crippen LogP contribution in [0, 0.1) is 11.8 Å². The van der Waals surface area contributed by atoms with E-state index in [2.05, 4.69) is 5.32 Å². The molecule has 2 atom stereocenters. The van der Waals surface area contributed by atoms with Crippen molar-refractivity contribution in [3.63, 3.8) is 0 Å². The molecule has 0 bridgehead atoms. The van der Waals surface area contributed by atoms with E-state index in [4.69, 9.17) is 4.74 Å². The van der Waals surface area contributed by atoms with Gasteiger partial charge in [-0.3, -0.25) is 24.1 Å². The monoisotopic (exact) mass is 394 g/mol. The number of imide groups is 1. The first-order valence-electron chi connectivity index (χ1n) is 9.83. The number of anilines is 1. The van der Waals surface area contributed by atoms with Gasteiger partial charge < -0.3 is 10.1 Å². The number of rotatable bonds is 5. The molecule has 1 N–H and O–H groups in total. The van der Waals surface area contributed by atoms with Crippen LogP contribution in [0.5, 0.6) is 0 Å². The maximum Gasteiger partial charge on any atom is 0.326 e. The Morgan fingerprint density at radius 3 is 2.34 bits per heavy atom. The number of carbonyl (C=O) groups excluding carboxylic acids is 4. The van der Waals surface area contributed by atoms with Gasteiger partial charge in [-0.1, -0.05) is 49.2 Å². The van der Waals surface area contributed by atoms with E-state index in [-0.39, 0.29) is 23.7 Å². The molecular weight excluding hydrogens is 372 g/mol. The van der Waals surface area contributed by atoms with Crippen LogP contribution in [0.15, 0.2) is 42.5 Å². The Hall–Kier alpha value is -3.22. The predicted octanol–water partition coefficient (Wildman–Crippen LogP) is 2.50. The van der Waals surface area contributed by atoms with E-state index < -0.39 is 25.0 Å². The van der Waals surface area contributed by atoms with Gasteiger partial charge >= 0.3 is 5.97 Å². The lowest BCUT2D eigenvalue weighted by atomic mass is 9.81. The summed E-state index contributed by atoms with van der Waals surface area (Å²) in [6.07, 6.45) is 3.22. The van der Waals surface area contributed by atoms with Crippen molar-refractivity contribution in [2.75, 3.05) is 18.5 Å². The van der Waals surface area contributed by atoms with E-state index in [0.717, 1.165) is 28.5 Å². The number of hydrogen-bond donors (Lipinski definition) is 1. The van der Waals surface area contributed by atoms with Gasteiger partial charge in [-0.05, 0) is 24.3 Å². The number of nitrogens with zero attached hydrogens (tertiary/aromatic N) is 1. The minimum absolute atomic E-state index is 0.295. The van der Waals surface area contributed by atoms with Gasteiger partial charge in [-0.2, -0.15) is 0 Å². The highest BCUT2D eigenvalue weighted by Crippen LogP contribution is 2.37. The quantitative estimate of drug-likeness (QED) is 0.621. The van der Waals surface area contributed by atoms with Crippen molar-refractivity contribution in [1.82, 2.24) is 4.90 Å². The van der Waals surface area contributed by atoms with Gasteiger partial charge in [0.2, 0.25) is 11.8 Å². The maximum absolute atomic E-state index is 12.4. The highest BCUT2D eigenvalue weighted by atomic mass is 16.5. The van der Waals surface area contributed by atoms with Gasteiger partial charge in [0.15, 0.2) is 6.61 Å². The number of benzene rings is 2. The van der Waals surface area contributed by atoms with E-state index in [1.807, 2.05) is 36.4 Å². The lowest BCUT2D eigenvalue weighted by Crippen LogP contribution is -2.37. The minimum Gasteiger partial charge on any atom is -0.454 e. The molecule has 2 fully saturated rings. The summed E-state index contributed by atoms with van der Waals surface area (Å²) in [6.45, 7) is -0.919. The minimum atomic E-state index is -0.765. The molecule has 1 aliphatic carbocycles. The summed E-state index contributed by atoms with van der Waals surface area (Å²) in [7, 11) is 0. The van der Waals surface area contributed by atoms with Gasteiger partial charge in [0.05, 0.1) is 11.8 Å². The van der Waals surface area contributed by atoms with E-state index in [9.17, 15) is 19.2 Å². The molecule has 2 aromatic rings. The molecule has 1 heterocycles. The third-order valence-electron chi connectivity index (χ3n) is 5.65. The highest BCUT2D eigenvalue weighted by Gasteiger charge is 2.48. The second kappa shape index (κ2) is 8.03. The third kappa shape index (κ3) is 3.85. The number of amides is 3. The van der Waals surface area contributed by atoms with Gasteiger partial charge in [0.1, 0.15) is 6.54 Å². The summed E-state index contributed by atoms with van der Waals surface area (Å²) < 4.78 is 5.00. The first-order valence-corrected chi connectivity index (χ1v) is 9.83. The Morgan fingerprint density at radius 2 is 1.62 bits per heavy atom. The summed E-state index contributed by atoms with van der Waals surface area (Å²) in [5.74, 6) is -2.45. The van der Waals surface area contributed by atoms with Crippen LogP contribution < -0.4 is 5.32 Å². The summed E-state index contributed by atoms with van der Waals surface area (Å²) >= 11 is 0. The van der Waals surface area contributed by atoms with Crippen molar-refractivity contribution >= 4 is 40.2 Å². The molecule has 1 saturated carbocycles. The number of ether oxygens (including phenoxy) is 1. The largest absolute Gasteiger partial charge is 0.454 e. The number of esters is 1. The Balaban J connectivity index is 1.32. The zero-order chi connectivity index (χ0) is 20.4. The maximum atomic E-state index is 12.4. The normalized spacial score (nSPS) is 21.2. The van der Waals surface area contributed by atoms with Crippen LogP contribution in [0.25, 0.3) is 10.8 Å². The fraction of sp³-hybridized carbons (Fsp3) is 0.364. The average Bonchev–Trinajstić information content (AvgIpc) is 2.98. The topological polar surface area (TPSA) is 92.8 Å². The third-order valence-corrected chi connectivity index (χ3v) is 5.65. The van der Waals surface area contributed by atoms with Gasteiger partial charge in [-0.25, -0.2) is 0 Å². The summed E-state index contributed by atoms with van der Waals surface area (Å²) in [4.78, 5) is 50.1. The average molecular weight is 394 g/mol. The molecule has 7 nitrogen and oxygen atoms in total. The number of fused-ring (bicyclic) bond motifs is 2. The number of nitrogens with one attached hydrogen (secondary N) is 1. The molecule has 0 aromatic heterocycles. The standard InChI is InChI=1S/C22H22N2O5/c25-19(23-18-11-5-7-14-6-1-2-8-15(14)18)13-29-20(26)12-24-21(27)16-9-3-4-10-17(16)22(24)28/h1-2,5-8,11,16-17H,3-4,9-10,12-13H2,(H,23,25)/t16-,17+. The SMILES string of the molecule is O=C(COC(=O)CN1C(=O)[C@H]2CCCC[C@H]2C1=O)Nc1cccc2ccccc12. The van der Waals surface area contributed by atoms with Crippen LogP contribution in [-0.4, -0.2) is 41.7 Å². The molecule has 1 saturated heterocycles. The van der Waals surface area contributed by atoms with Crippen LogP contribution in [0.4, 0.5) is 5.69 Å². The van der Waals surface area contributed by atoms with E-state index in [1.165, 1.54) is 0 Å². The first-order chi connectivity index (χ1) is 14.0. The Labute approximate surface area is 168 Å². The molecule has 29 heavy (non-hydrogen) atoms. The van der Waals surface area contributed by atoms with Crippen LogP contribution in [0.2, 0.25) is 0 Å². The van der Waals surface area contributed by atoms with Crippen molar-refractivity contribution in [2.45, 2.75) is 25.7 Å². The van der Waals surface area contributed by atoms with Gasteiger partial charge in [-0.15, -0.1) is 0 Å². The molecule has 150 valence electrons. The first kappa shape index (κ1) is 19.1. The fourth-order valence-electron chi connectivity index (χ4n) is 4.23. The smallest absolute Gasteiger partial charge is 0.326 e. The molecule has 3 amide bonds. The van der Waals surface area contributed by atoms with E-state index in [1.54, 1.807) is 6.07 Å².